The molecule has 6 heteroatoms. The van der Waals surface area contributed by atoms with Crippen LogP contribution in [0.3, 0.4) is 0 Å². The van der Waals surface area contributed by atoms with Crippen molar-refractivity contribution in [2.75, 3.05) is 7.11 Å². The van der Waals surface area contributed by atoms with Crippen molar-refractivity contribution < 1.29 is 19.4 Å². The molecule has 2 N–H and O–H groups in total. The van der Waals surface area contributed by atoms with Gasteiger partial charge in [0.05, 0.1) is 7.11 Å². The Bertz CT molecular complexity index is 447. The molecule has 1 amide bonds. The Morgan fingerprint density at radius 1 is 1.47 bits per heavy atom. The first kappa shape index (κ1) is 13.5. The number of hydrogen-bond acceptors (Lipinski definition) is 3. The summed E-state index contributed by atoms with van der Waals surface area (Å²) < 4.78 is 5.86. The minimum Gasteiger partial charge on any atom is -0.496 e. The number of methoxy groups -OCH3 is 1. The van der Waals surface area contributed by atoms with Gasteiger partial charge in [-0.25, -0.2) is 4.79 Å². The number of halogens is 1. The molecule has 5 nitrogen and oxygen atoms in total. The van der Waals surface area contributed by atoms with Crippen molar-refractivity contribution in [3.8, 4) is 5.75 Å². The molecular formula is C11H12BrNO4. The van der Waals surface area contributed by atoms with E-state index in [1.807, 2.05) is 0 Å². The molecule has 92 valence electrons. The average molecular weight is 302 g/mol. The van der Waals surface area contributed by atoms with E-state index < -0.39 is 17.9 Å². The number of aliphatic carboxylic acids is 1. The second-order valence-electron chi connectivity index (χ2n) is 3.36. The van der Waals surface area contributed by atoms with Crippen LogP contribution in [0.1, 0.15) is 18.5 Å². The Kier molecular flexibility index (Phi) is 4.51. The number of benzene rings is 1. The van der Waals surface area contributed by atoms with Crippen molar-refractivity contribution >= 4 is 27.8 Å². The molecule has 0 aromatic heterocycles. The Morgan fingerprint density at radius 3 is 2.59 bits per heavy atom. The van der Waals surface area contributed by atoms with Gasteiger partial charge >= 0.3 is 5.97 Å². The van der Waals surface area contributed by atoms with Gasteiger partial charge < -0.3 is 15.2 Å². The van der Waals surface area contributed by atoms with Gasteiger partial charge in [-0.05, 0) is 12.1 Å². The summed E-state index contributed by atoms with van der Waals surface area (Å²) in [5, 5.41) is 11.4. The quantitative estimate of drug-likeness (QED) is 0.888. The summed E-state index contributed by atoms with van der Waals surface area (Å²) in [4.78, 5) is 22.1. The van der Waals surface area contributed by atoms with E-state index in [9.17, 15) is 9.59 Å². The molecule has 0 aliphatic heterocycles. The van der Waals surface area contributed by atoms with Crippen LogP contribution < -0.4 is 10.1 Å². The zero-order chi connectivity index (χ0) is 13.0. The number of carboxylic acids is 1. The van der Waals surface area contributed by atoms with Gasteiger partial charge in [-0.3, -0.25) is 4.79 Å². The molecular weight excluding hydrogens is 290 g/mol. The predicted molar refractivity (Wildman–Crippen MR) is 64.9 cm³/mol. The van der Waals surface area contributed by atoms with Crippen LogP contribution in [0.2, 0.25) is 0 Å². The van der Waals surface area contributed by atoms with E-state index >= 15 is 0 Å². The summed E-state index contributed by atoms with van der Waals surface area (Å²) in [7, 11) is 1.44. The van der Waals surface area contributed by atoms with Crippen LogP contribution in [0.25, 0.3) is 0 Å². The van der Waals surface area contributed by atoms with Crippen molar-refractivity contribution in [3.05, 3.63) is 28.2 Å². The van der Waals surface area contributed by atoms with E-state index in [2.05, 4.69) is 21.2 Å². The van der Waals surface area contributed by atoms with Crippen LogP contribution in [0, 0.1) is 0 Å². The molecule has 0 saturated carbocycles. The topological polar surface area (TPSA) is 75.6 Å². The monoisotopic (exact) mass is 301 g/mol. The number of nitrogens with one attached hydrogen (secondary N) is 1. The van der Waals surface area contributed by atoms with Crippen LogP contribution in [-0.4, -0.2) is 24.1 Å². The standard InChI is InChI=1S/C11H12BrNO4/c1-6(14)13-10(11(15)16)8-4-3-7(12)5-9(8)17-2/h3-5,10H,1-2H3,(H,13,14)(H,15,16). The number of carbonyl (C=O) groups is 2. The Labute approximate surface area is 107 Å². The molecule has 0 aliphatic rings. The minimum atomic E-state index is -1.14. The summed E-state index contributed by atoms with van der Waals surface area (Å²) in [6, 6.07) is 3.82. The fraction of sp³-hybridized carbons (Fsp3) is 0.273. The first-order valence-electron chi connectivity index (χ1n) is 4.79. The summed E-state index contributed by atoms with van der Waals surface area (Å²) in [5.41, 5.74) is 0.401. The molecule has 0 fully saturated rings. The average Bonchev–Trinajstić information content (AvgIpc) is 2.25. The molecule has 0 saturated heterocycles. The molecule has 1 aromatic rings. The normalized spacial score (nSPS) is 11.7. The van der Waals surface area contributed by atoms with Gasteiger partial charge in [0.25, 0.3) is 0 Å². The van der Waals surface area contributed by atoms with E-state index in [1.54, 1.807) is 18.2 Å². The highest BCUT2D eigenvalue weighted by Gasteiger charge is 2.24. The van der Waals surface area contributed by atoms with Gasteiger partial charge in [0.1, 0.15) is 5.75 Å². The second-order valence-corrected chi connectivity index (χ2v) is 4.27. The SMILES string of the molecule is COc1cc(Br)ccc1C(NC(C)=O)C(=O)O. The van der Waals surface area contributed by atoms with Crippen molar-refractivity contribution in [1.29, 1.82) is 0 Å². The van der Waals surface area contributed by atoms with Gasteiger partial charge in [-0.1, -0.05) is 22.0 Å². The molecule has 1 aromatic carbocycles. The molecule has 0 spiro atoms. The first-order valence-corrected chi connectivity index (χ1v) is 5.58. The highest BCUT2D eigenvalue weighted by molar-refractivity contribution is 9.10. The maximum Gasteiger partial charge on any atom is 0.331 e. The van der Waals surface area contributed by atoms with Crippen LogP contribution in [0.5, 0.6) is 5.75 Å². The lowest BCUT2D eigenvalue weighted by atomic mass is 10.1. The maximum atomic E-state index is 11.1. The fourth-order valence-corrected chi connectivity index (χ4v) is 1.74. The molecule has 0 aliphatic carbocycles. The van der Waals surface area contributed by atoms with Crippen LogP contribution in [0.15, 0.2) is 22.7 Å². The lowest BCUT2D eigenvalue weighted by molar-refractivity contribution is -0.141. The van der Waals surface area contributed by atoms with Crippen LogP contribution in [0.4, 0.5) is 0 Å². The van der Waals surface area contributed by atoms with E-state index in [0.29, 0.717) is 11.3 Å². The molecule has 1 rings (SSSR count). The summed E-state index contributed by atoms with van der Waals surface area (Å²) in [6.07, 6.45) is 0. The largest absolute Gasteiger partial charge is 0.496 e. The third-order valence-corrected chi connectivity index (χ3v) is 2.59. The summed E-state index contributed by atoms with van der Waals surface area (Å²) >= 11 is 3.26. The lowest BCUT2D eigenvalue weighted by Gasteiger charge is -2.16. The van der Waals surface area contributed by atoms with Gasteiger partial charge in [0.2, 0.25) is 5.91 Å². The number of hydrogen-bond donors (Lipinski definition) is 2. The predicted octanol–water partition coefficient (Wildman–Crippen LogP) is 1.72. The highest BCUT2D eigenvalue weighted by atomic mass is 79.9. The van der Waals surface area contributed by atoms with Gasteiger partial charge in [0, 0.05) is 17.0 Å². The van der Waals surface area contributed by atoms with Crippen LogP contribution >= 0.6 is 15.9 Å². The summed E-state index contributed by atoms with van der Waals surface area (Å²) in [6.45, 7) is 1.27. The van der Waals surface area contributed by atoms with E-state index in [-0.39, 0.29) is 0 Å². The van der Waals surface area contributed by atoms with Crippen molar-refractivity contribution in [3.63, 3.8) is 0 Å². The van der Waals surface area contributed by atoms with E-state index in [1.165, 1.54) is 14.0 Å². The number of rotatable bonds is 4. The third-order valence-electron chi connectivity index (χ3n) is 2.10. The number of amides is 1. The van der Waals surface area contributed by atoms with Gasteiger partial charge in [-0.15, -0.1) is 0 Å². The second kappa shape index (κ2) is 5.67. The molecule has 1 atom stereocenters. The molecule has 0 bridgehead atoms. The van der Waals surface area contributed by atoms with Crippen molar-refractivity contribution in [2.45, 2.75) is 13.0 Å². The number of carbonyl (C=O) groups excluding carboxylic acids is 1. The molecule has 1 unspecified atom stereocenters. The number of ether oxygens (including phenoxy) is 1. The molecule has 0 radical (unpaired) electrons. The Balaban J connectivity index is 3.17. The van der Waals surface area contributed by atoms with Gasteiger partial charge in [0.15, 0.2) is 6.04 Å². The number of carboxylic acid groups (broad SMARTS) is 1. The van der Waals surface area contributed by atoms with E-state index in [0.717, 1.165) is 4.47 Å². The maximum absolute atomic E-state index is 11.1. The van der Waals surface area contributed by atoms with Crippen molar-refractivity contribution in [2.24, 2.45) is 0 Å². The smallest absolute Gasteiger partial charge is 0.331 e. The first-order chi connectivity index (χ1) is 7.95. The Morgan fingerprint density at radius 2 is 2.12 bits per heavy atom. The minimum absolute atomic E-state index is 0.401. The molecule has 0 heterocycles. The Hall–Kier alpha value is -1.56. The van der Waals surface area contributed by atoms with E-state index in [4.69, 9.17) is 9.84 Å². The zero-order valence-electron chi connectivity index (χ0n) is 9.36. The van der Waals surface area contributed by atoms with Crippen LogP contribution in [-0.2, 0) is 9.59 Å². The highest BCUT2D eigenvalue weighted by Crippen LogP contribution is 2.28. The zero-order valence-corrected chi connectivity index (χ0v) is 10.9. The lowest BCUT2D eigenvalue weighted by Crippen LogP contribution is -2.32. The summed E-state index contributed by atoms with van der Waals surface area (Å²) in [5.74, 6) is -1.15. The van der Waals surface area contributed by atoms with Gasteiger partial charge in [-0.2, -0.15) is 0 Å². The van der Waals surface area contributed by atoms with Crippen molar-refractivity contribution in [1.82, 2.24) is 5.32 Å². The fourth-order valence-electron chi connectivity index (χ4n) is 1.40. The third kappa shape index (κ3) is 3.45. The molecule has 17 heavy (non-hydrogen) atoms.